The van der Waals surface area contributed by atoms with Crippen molar-refractivity contribution < 1.29 is 9.90 Å². The zero-order chi connectivity index (χ0) is 7.84. The zero-order valence-electron chi connectivity index (χ0n) is 5.90. The summed E-state index contributed by atoms with van der Waals surface area (Å²) in [6, 6.07) is 1.86. The first kappa shape index (κ1) is 6.39. The van der Waals surface area contributed by atoms with E-state index in [1.165, 1.54) is 0 Å². The van der Waals surface area contributed by atoms with E-state index >= 15 is 0 Å². The molecule has 1 N–H and O–H groups in total. The molecule has 4 nitrogen and oxygen atoms in total. The maximum Gasteiger partial charge on any atom is 0.308 e. The Morgan fingerprint density at radius 1 is 1.82 bits per heavy atom. The van der Waals surface area contributed by atoms with Crippen LogP contribution in [0.4, 0.5) is 0 Å². The van der Waals surface area contributed by atoms with Gasteiger partial charge in [-0.1, -0.05) is 0 Å². The van der Waals surface area contributed by atoms with Crippen molar-refractivity contribution in [3.8, 4) is 0 Å². The van der Waals surface area contributed by atoms with Gasteiger partial charge in [-0.15, -0.1) is 0 Å². The molecule has 4 heteroatoms. The van der Waals surface area contributed by atoms with Crippen LogP contribution in [-0.2, 0) is 17.8 Å². The summed E-state index contributed by atoms with van der Waals surface area (Å²) >= 11 is 0. The van der Waals surface area contributed by atoms with Crippen molar-refractivity contribution in [2.45, 2.75) is 13.0 Å². The molecule has 11 heavy (non-hydrogen) atoms. The number of carboxylic acids is 1. The molecule has 0 fully saturated rings. The summed E-state index contributed by atoms with van der Waals surface area (Å²) in [4.78, 5) is 10.5. The minimum atomic E-state index is -0.726. The van der Waals surface area contributed by atoms with Gasteiger partial charge in [0.05, 0.1) is 12.5 Å². The number of carboxylic acid groups (broad SMARTS) is 1. The standard InChI is InChI=1S/C7H8N2O2/c10-7(11)5-3-6-1-2-8-9(6)4-5/h1-2,5H,3-4H2,(H,10,11). The predicted octanol–water partition coefficient (Wildman–Crippen LogP) is 0.140. The predicted molar refractivity (Wildman–Crippen MR) is 37.1 cm³/mol. The highest BCUT2D eigenvalue weighted by Gasteiger charge is 2.26. The maximum atomic E-state index is 10.5. The lowest BCUT2D eigenvalue weighted by molar-refractivity contribution is -0.141. The molecule has 0 spiro atoms. The van der Waals surface area contributed by atoms with E-state index < -0.39 is 5.97 Å². The Labute approximate surface area is 63.4 Å². The molecule has 0 amide bonds. The van der Waals surface area contributed by atoms with Crippen LogP contribution >= 0.6 is 0 Å². The van der Waals surface area contributed by atoms with Crippen LogP contribution in [0.3, 0.4) is 0 Å². The van der Waals surface area contributed by atoms with Gasteiger partial charge in [0.15, 0.2) is 0 Å². The molecule has 0 bridgehead atoms. The molecule has 0 saturated heterocycles. The van der Waals surface area contributed by atoms with E-state index in [0.717, 1.165) is 5.69 Å². The number of fused-ring (bicyclic) bond motifs is 1. The first-order chi connectivity index (χ1) is 5.27. The molecule has 0 saturated carbocycles. The number of aliphatic carboxylic acids is 1. The fourth-order valence-corrected chi connectivity index (χ4v) is 1.39. The zero-order valence-corrected chi connectivity index (χ0v) is 5.90. The third-order valence-electron chi connectivity index (χ3n) is 2.00. The lowest BCUT2D eigenvalue weighted by Gasteiger charge is -1.98. The normalized spacial score (nSPS) is 21.6. The molecule has 1 atom stereocenters. The van der Waals surface area contributed by atoms with Gasteiger partial charge in [0.25, 0.3) is 0 Å². The Hall–Kier alpha value is -1.32. The second kappa shape index (κ2) is 2.08. The number of hydrogen-bond acceptors (Lipinski definition) is 2. The first-order valence-corrected chi connectivity index (χ1v) is 3.51. The number of hydrogen-bond donors (Lipinski definition) is 1. The highest BCUT2D eigenvalue weighted by molar-refractivity contribution is 5.70. The summed E-state index contributed by atoms with van der Waals surface area (Å²) < 4.78 is 1.75. The molecule has 1 aliphatic rings. The minimum Gasteiger partial charge on any atom is -0.481 e. The number of aromatic nitrogens is 2. The summed E-state index contributed by atoms with van der Waals surface area (Å²) in [5.41, 5.74) is 1.03. The lowest BCUT2D eigenvalue weighted by Crippen LogP contribution is -2.14. The highest BCUT2D eigenvalue weighted by atomic mass is 16.4. The van der Waals surface area contributed by atoms with Crippen LogP contribution in [-0.4, -0.2) is 20.9 Å². The first-order valence-electron chi connectivity index (χ1n) is 3.51. The van der Waals surface area contributed by atoms with Crippen LogP contribution in [0.25, 0.3) is 0 Å². The van der Waals surface area contributed by atoms with E-state index in [-0.39, 0.29) is 5.92 Å². The van der Waals surface area contributed by atoms with E-state index in [4.69, 9.17) is 5.11 Å². The van der Waals surface area contributed by atoms with Crippen LogP contribution in [0.1, 0.15) is 5.69 Å². The third kappa shape index (κ3) is 0.906. The van der Waals surface area contributed by atoms with Gasteiger partial charge in [0.1, 0.15) is 0 Å². The van der Waals surface area contributed by atoms with E-state index in [1.54, 1.807) is 10.9 Å². The minimum absolute atomic E-state index is 0.265. The summed E-state index contributed by atoms with van der Waals surface area (Å²) in [6.07, 6.45) is 2.32. The van der Waals surface area contributed by atoms with Gasteiger partial charge >= 0.3 is 5.97 Å². The molecule has 1 aliphatic heterocycles. The summed E-state index contributed by atoms with van der Waals surface area (Å²) in [5.74, 6) is -0.991. The molecule has 0 radical (unpaired) electrons. The van der Waals surface area contributed by atoms with Gasteiger partial charge < -0.3 is 5.11 Å². The molecule has 2 rings (SSSR count). The average Bonchev–Trinajstić information content (AvgIpc) is 2.40. The quantitative estimate of drug-likeness (QED) is 0.622. The SMILES string of the molecule is O=C(O)C1Cc2ccnn2C1. The molecule has 0 aromatic carbocycles. The van der Waals surface area contributed by atoms with E-state index in [9.17, 15) is 4.79 Å². The summed E-state index contributed by atoms with van der Waals surface area (Å²) in [6.45, 7) is 0.525. The topological polar surface area (TPSA) is 55.1 Å². The third-order valence-corrected chi connectivity index (χ3v) is 2.00. The Kier molecular flexibility index (Phi) is 1.21. The van der Waals surface area contributed by atoms with E-state index in [2.05, 4.69) is 5.10 Å². The van der Waals surface area contributed by atoms with Crippen molar-refractivity contribution in [2.24, 2.45) is 5.92 Å². The van der Waals surface area contributed by atoms with E-state index in [0.29, 0.717) is 13.0 Å². The number of rotatable bonds is 1. The van der Waals surface area contributed by atoms with Gasteiger partial charge in [-0.2, -0.15) is 5.10 Å². The Morgan fingerprint density at radius 3 is 3.27 bits per heavy atom. The van der Waals surface area contributed by atoms with Gasteiger partial charge in [-0.05, 0) is 6.07 Å². The molecule has 0 aliphatic carbocycles. The largest absolute Gasteiger partial charge is 0.481 e. The van der Waals surface area contributed by atoms with Crippen molar-refractivity contribution in [3.05, 3.63) is 18.0 Å². The van der Waals surface area contributed by atoms with Crippen molar-refractivity contribution >= 4 is 5.97 Å². The number of nitrogens with zero attached hydrogens (tertiary/aromatic N) is 2. The molecule has 1 aromatic heterocycles. The molecular formula is C7H8N2O2. The Bertz CT molecular complexity index is 272. The van der Waals surface area contributed by atoms with Crippen molar-refractivity contribution in [3.63, 3.8) is 0 Å². The summed E-state index contributed by atoms with van der Waals surface area (Å²) in [7, 11) is 0. The molecule has 2 heterocycles. The average molecular weight is 152 g/mol. The molecule has 58 valence electrons. The van der Waals surface area contributed by atoms with Crippen molar-refractivity contribution in [1.29, 1.82) is 0 Å². The summed E-state index contributed by atoms with van der Waals surface area (Å²) in [5, 5.41) is 12.6. The van der Waals surface area contributed by atoms with Crippen LogP contribution < -0.4 is 0 Å². The number of carbonyl (C=O) groups is 1. The van der Waals surface area contributed by atoms with Crippen LogP contribution in [0.2, 0.25) is 0 Å². The Balaban J connectivity index is 2.22. The molecular weight excluding hydrogens is 144 g/mol. The fraction of sp³-hybridized carbons (Fsp3) is 0.429. The van der Waals surface area contributed by atoms with Crippen LogP contribution in [0.15, 0.2) is 12.3 Å². The smallest absolute Gasteiger partial charge is 0.308 e. The van der Waals surface area contributed by atoms with Crippen LogP contribution in [0, 0.1) is 5.92 Å². The second-order valence-corrected chi connectivity index (χ2v) is 2.74. The monoisotopic (exact) mass is 152 g/mol. The lowest BCUT2D eigenvalue weighted by atomic mass is 10.1. The van der Waals surface area contributed by atoms with Gasteiger partial charge in [-0.25, -0.2) is 0 Å². The molecule has 1 aromatic rings. The van der Waals surface area contributed by atoms with E-state index in [1.807, 2.05) is 6.07 Å². The van der Waals surface area contributed by atoms with Gasteiger partial charge in [0, 0.05) is 18.3 Å². The Morgan fingerprint density at radius 2 is 2.64 bits per heavy atom. The second-order valence-electron chi connectivity index (χ2n) is 2.74. The van der Waals surface area contributed by atoms with Gasteiger partial charge in [-0.3, -0.25) is 9.48 Å². The maximum absolute atomic E-state index is 10.5. The molecule has 1 unspecified atom stereocenters. The fourth-order valence-electron chi connectivity index (χ4n) is 1.39. The van der Waals surface area contributed by atoms with Crippen molar-refractivity contribution in [2.75, 3.05) is 0 Å². The highest BCUT2D eigenvalue weighted by Crippen LogP contribution is 2.18. The van der Waals surface area contributed by atoms with Crippen LogP contribution in [0.5, 0.6) is 0 Å². The van der Waals surface area contributed by atoms with Gasteiger partial charge in [0.2, 0.25) is 0 Å². The van der Waals surface area contributed by atoms with Crippen molar-refractivity contribution in [1.82, 2.24) is 9.78 Å².